The van der Waals surface area contributed by atoms with Crippen LogP contribution in [0.2, 0.25) is 0 Å². The lowest BCUT2D eigenvalue weighted by Crippen LogP contribution is -2.12. The van der Waals surface area contributed by atoms with E-state index in [9.17, 15) is 9.32 Å². The Hall–Kier alpha value is -0.230. The molecule has 0 aromatic carbocycles. The zero-order valence-electron chi connectivity index (χ0n) is 6.90. The highest BCUT2D eigenvalue weighted by atomic mass is 32.2. The third-order valence-electron chi connectivity index (χ3n) is 1.38. The molecular weight excluding hydrogens is 194 g/mol. The summed E-state index contributed by atoms with van der Waals surface area (Å²) < 4.78 is 11.4. The standard InChI is InChI=1S/C7H11NO2S2/c1-7(2,9)5-3-4-6(11-5)12(8)10/h3-4,9H,8H2,1-2H3. The van der Waals surface area contributed by atoms with Crippen LogP contribution in [-0.2, 0) is 16.6 Å². The predicted molar refractivity (Wildman–Crippen MR) is 50.2 cm³/mol. The Morgan fingerprint density at radius 3 is 2.42 bits per heavy atom. The van der Waals surface area contributed by atoms with Gasteiger partial charge in [-0.15, -0.1) is 11.3 Å². The Balaban J connectivity index is 3.00. The minimum atomic E-state index is -1.44. The molecule has 3 N–H and O–H groups in total. The molecule has 68 valence electrons. The second-order valence-electron chi connectivity index (χ2n) is 2.98. The second kappa shape index (κ2) is 3.26. The molecule has 1 unspecified atom stereocenters. The van der Waals surface area contributed by atoms with Crippen LogP contribution in [0, 0.1) is 0 Å². The lowest BCUT2D eigenvalue weighted by molar-refractivity contribution is 0.0825. The van der Waals surface area contributed by atoms with E-state index in [1.807, 2.05) is 0 Å². The van der Waals surface area contributed by atoms with Crippen molar-refractivity contribution in [3.63, 3.8) is 0 Å². The van der Waals surface area contributed by atoms with E-state index in [2.05, 4.69) is 0 Å². The molecule has 0 fully saturated rings. The first-order valence-corrected chi connectivity index (χ1v) is 5.43. The number of hydrogen-bond acceptors (Lipinski definition) is 3. The number of hydrogen-bond donors (Lipinski definition) is 2. The summed E-state index contributed by atoms with van der Waals surface area (Å²) in [6, 6.07) is 3.42. The van der Waals surface area contributed by atoms with Crippen LogP contribution in [0.3, 0.4) is 0 Å². The van der Waals surface area contributed by atoms with Crippen molar-refractivity contribution < 1.29 is 9.32 Å². The summed E-state index contributed by atoms with van der Waals surface area (Å²) in [7, 11) is -1.44. The van der Waals surface area contributed by atoms with E-state index in [1.54, 1.807) is 26.0 Å². The Kier molecular flexibility index (Phi) is 2.67. The van der Waals surface area contributed by atoms with Crippen LogP contribution in [0.4, 0.5) is 0 Å². The van der Waals surface area contributed by atoms with E-state index in [0.717, 1.165) is 4.88 Å². The largest absolute Gasteiger partial charge is 0.385 e. The van der Waals surface area contributed by atoms with E-state index in [0.29, 0.717) is 4.21 Å². The summed E-state index contributed by atoms with van der Waals surface area (Å²) in [6.45, 7) is 3.37. The fourth-order valence-electron chi connectivity index (χ4n) is 0.757. The van der Waals surface area contributed by atoms with E-state index < -0.39 is 16.6 Å². The Morgan fingerprint density at radius 1 is 1.58 bits per heavy atom. The summed E-state index contributed by atoms with van der Waals surface area (Å²) >= 11 is 1.27. The number of thiophene rings is 1. The van der Waals surface area contributed by atoms with Crippen LogP contribution in [0.5, 0.6) is 0 Å². The van der Waals surface area contributed by atoms with Crippen molar-refractivity contribution in [2.45, 2.75) is 23.7 Å². The third-order valence-corrected chi connectivity index (χ3v) is 3.85. The highest BCUT2D eigenvalue weighted by Gasteiger charge is 2.18. The first-order chi connectivity index (χ1) is 5.41. The zero-order chi connectivity index (χ0) is 9.35. The van der Waals surface area contributed by atoms with Crippen molar-refractivity contribution in [3.05, 3.63) is 17.0 Å². The molecule has 0 spiro atoms. The molecule has 1 rings (SSSR count). The predicted octanol–water partition coefficient (Wildman–Crippen LogP) is 0.957. The van der Waals surface area contributed by atoms with Crippen LogP contribution in [-0.4, -0.2) is 9.32 Å². The highest BCUT2D eigenvalue weighted by Crippen LogP contribution is 2.28. The van der Waals surface area contributed by atoms with Gasteiger partial charge in [0.2, 0.25) is 0 Å². The topological polar surface area (TPSA) is 63.3 Å². The third kappa shape index (κ3) is 2.13. The molecule has 0 radical (unpaired) electrons. The molecule has 1 heterocycles. The number of aliphatic hydroxyl groups is 1. The van der Waals surface area contributed by atoms with Gasteiger partial charge >= 0.3 is 0 Å². The maximum absolute atomic E-state index is 10.8. The molecule has 3 nitrogen and oxygen atoms in total. The molecule has 0 bridgehead atoms. The van der Waals surface area contributed by atoms with Crippen molar-refractivity contribution >= 4 is 22.3 Å². The summed E-state index contributed by atoms with van der Waals surface area (Å²) in [4.78, 5) is 0.774. The summed E-state index contributed by atoms with van der Waals surface area (Å²) in [5.74, 6) is 0. The normalized spacial score (nSPS) is 14.7. The van der Waals surface area contributed by atoms with Crippen LogP contribution >= 0.6 is 11.3 Å². The van der Waals surface area contributed by atoms with Crippen LogP contribution in [0.25, 0.3) is 0 Å². The Morgan fingerprint density at radius 2 is 2.17 bits per heavy atom. The van der Waals surface area contributed by atoms with Gasteiger partial charge in [0.15, 0.2) is 0 Å². The fraction of sp³-hybridized carbons (Fsp3) is 0.429. The average molecular weight is 205 g/mol. The molecule has 0 aliphatic rings. The van der Waals surface area contributed by atoms with E-state index in [1.165, 1.54) is 11.3 Å². The maximum Gasteiger partial charge on any atom is 0.132 e. The fourth-order valence-corrected chi connectivity index (χ4v) is 2.30. The molecule has 0 aliphatic carbocycles. The van der Waals surface area contributed by atoms with Crippen molar-refractivity contribution in [3.8, 4) is 0 Å². The molecule has 1 aromatic heterocycles. The quantitative estimate of drug-likeness (QED) is 0.755. The monoisotopic (exact) mass is 205 g/mol. The minimum Gasteiger partial charge on any atom is -0.385 e. The minimum absolute atomic E-state index is 0.590. The smallest absolute Gasteiger partial charge is 0.132 e. The number of rotatable bonds is 2. The van der Waals surface area contributed by atoms with Gasteiger partial charge in [-0.1, -0.05) is 0 Å². The molecule has 0 amide bonds. The Labute approximate surface area is 77.8 Å². The molecule has 1 aromatic rings. The maximum atomic E-state index is 10.8. The van der Waals surface area contributed by atoms with Crippen molar-refractivity contribution in [2.24, 2.45) is 5.14 Å². The van der Waals surface area contributed by atoms with Gasteiger partial charge in [0.05, 0.1) is 5.60 Å². The van der Waals surface area contributed by atoms with E-state index in [4.69, 9.17) is 5.14 Å². The summed E-state index contributed by atoms with van der Waals surface area (Å²) in [5.41, 5.74) is -0.873. The molecule has 12 heavy (non-hydrogen) atoms. The van der Waals surface area contributed by atoms with Gasteiger partial charge in [0.25, 0.3) is 0 Å². The van der Waals surface area contributed by atoms with Crippen LogP contribution < -0.4 is 5.14 Å². The van der Waals surface area contributed by atoms with Gasteiger partial charge in [-0.05, 0) is 26.0 Å². The first kappa shape index (κ1) is 9.85. The van der Waals surface area contributed by atoms with E-state index in [-0.39, 0.29) is 0 Å². The average Bonchev–Trinajstić information content (AvgIpc) is 2.30. The van der Waals surface area contributed by atoms with Gasteiger partial charge in [-0.3, -0.25) is 0 Å². The number of nitrogens with two attached hydrogens (primary N) is 1. The second-order valence-corrected chi connectivity index (χ2v) is 5.35. The zero-order valence-corrected chi connectivity index (χ0v) is 8.54. The molecule has 0 saturated carbocycles. The first-order valence-electron chi connectivity index (χ1n) is 3.40. The van der Waals surface area contributed by atoms with Crippen molar-refractivity contribution in [1.29, 1.82) is 0 Å². The lowest BCUT2D eigenvalue weighted by Gasteiger charge is -2.13. The molecule has 0 aliphatic heterocycles. The lowest BCUT2D eigenvalue weighted by atomic mass is 10.1. The molecule has 0 saturated heterocycles. The summed E-state index contributed by atoms with van der Waals surface area (Å²) in [6.07, 6.45) is 0. The SMILES string of the molecule is CC(C)(O)c1ccc(S(N)=O)s1. The van der Waals surface area contributed by atoms with Gasteiger partial charge in [-0.25, -0.2) is 9.35 Å². The van der Waals surface area contributed by atoms with Gasteiger partial charge in [-0.2, -0.15) is 0 Å². The van der Waals surface area contributed by atoms with Gasteiger partial charge < -0.3 is 5.11 Å². The highest BCUT2D eigenvalue weighted by molar-refractivity contribution is 7.85. The van der Waals surface area contributed by atoms with E-state index >= 15 is 0 Å². The van der Waals surface area contributed by atoms with Gasteiger partial charge in [0.1, 0.15) is 15.2 Å². The van der Waals surface area contributed by atoms with Crippen molar-refractivity contribution in [1.82, 2.24) is 0 Å². The molecular formula is C7H11NO2S2. The van der Waals surface area contributed by atoms with Crippen LogP contribution in [0.15, 0.2) is 16.3 Å². The van der Waals surface area contributed by atoms with Crippen LogP contribution in [0.1, 0.15) is 18.7 Å². The Bertz CT molecular complexity index is 301. The van der Waals surface area contributed by atoms with Crippen molar-refractivity contribution in [2.75, 3.05) is 0 Å². The molecule has 5 heteroatoms. The molecule has 1 atom stereocenters. The summed E-state index contributed by atoms with van der Waals surface area (Å²) in [5, 5.41) is 14.7. The van der Waals surface area contributed by atoms with Gasteiger partial charge in [0, 0.05) is 4.88 Å².